The van der Waals surface area contributed by atoms with E-state index >= 15 is 0 Å². The predicted octanol–water partition coefficient (Wildman–Crippen LogP) is 2.70. The Bertz CT molecular complexity index is 159. The zero-order chi connectivity index (χ0) is 9.56. The standard InChI is InChI=1S/C10H18O2/c1-8(2)6-4-5-7-9(3)10(11)12/h4-5,8-9H,6-7H2,1-3H3,(H,11,12)/b5-4+. The van der Waals surface area contributed by atoms with Crippen LogP contribution >= 0.6 is 0 Å². The van der Waals surface area contributed by atoms with E-state index in [-0.39, 0.29) is 5.92 Å². The van der Waals surface area contributed by atoms with E-state index in [9.17, 15) is 4.79 Å². The first-order valence-corrected chi connectivity index (χ1v) is 4.41. The number of aliphatic carboxylic acids is 1. The van der Waals surface area contributed by atoms with Crippen molar-refractivity contribution in [2.24, 2.45) is 11.8 Å². The van der Waals surface area contributed by atoms with Crippen LogP contribution in [0.25, 0.3) is 0 Å². The largest absolute Gasteiger partial charge is 0.481 e. The molecule has 0 aliphatic rings. The highest BCUT2D eigenvalue weighted by Crippen LogP contribution is 2.05. The molecule has 0 aliphatic heterocycles. The molecule has 2 nitrogen and oxygen atoms in total. The van der Waals surface area contributed by atoms with E-state index in [1.165, 1.54) is 0 Å². The second-order valence-corrected chi connectivity index (χ2v) is 3.58. The third-order valence-electron chi connectivity index (χ3n) is 1.69. The molecular weight excluding hydrogens is 152 g/mol. The Kier molecular flexibility index (Phi) is 5.43. The summed E-state index contributed by atoms with van der Waals surface area (Å²) >= 11 is 0. The second kappa shape index (κ2) is 5.81. The van der Waals surface area contributed by atoms with E-state index < -0.39 is 5.97 Å². The number of hydrogen-bond donors (Lipinski definition) is 1. The zero-order valence-corrected chi connectivity index (χ0v) is 8.08. The molecule has 0 saturated carbocycles. The zero-order valence-electron chi connectivity index (χ0n) is 8.08. The highest BCUT2D eigenvalue weighted by Gasteiger charge is 2.07. The van der Waals surface area contributed by atoms with Crippen LogP contribution in [0.4, 0.5) is 0 Å². The van der Waals surface area contributed by atoms with Crippen LogP contribution in [-0.4, -0.2) is 11.1 Å². The molecule has 0 aromatic carbocycles. The summed E-state index contributed by atoms with van der Waals surface area (Å²) in [5.41, 5.74) is 0. The summed E-state index contributed by atoms with van der Waals surface area (Å²) in [6, 6.07) is 0. The summed E-state index contributed by atoms with van der Waals surface area (Å²) in [5.74, 6) is -0.320. The highest BCUT2D eigenvalue weighted by molar-refractivity contribution is 5.69. The van der Waals surface area contributed by atoms with Crippen molar-refractivity contribution in [2.45, 2.75) is 33.6 Å². The molecule has 0 aromatic heterocycles. The van der Waals surface area contributed by atoms with Gasteiger partial charge in [0, 0.05) is 0 Å². The van der Waals surface area contributed by atoms with Crippen molar-refractivity contribution in [1.29, 1.82) is 0 Å². The molecular formula is C10H18O2. The van der Waals surface area contributed by atoms with Gasteiger partial charge in [0.25, 0.3) is 0 Å². The lowest BCUT2D eigenvalue weighted by atomic mass is 10.1. The van der Waals surface area contributed by atoms with Gasteiger partial charge < -0.3 is 5.11 Å². The Morgan fingerprint density at radius 1 is 1.25 bits per heavy atom. The van der Waals surface area contributed by atoms with Crippen LogP contribution in [0.3, 0.4) is 0 Å². The molecule has 0 heterocycles. The van der Waals surface area contributed by atoms with Gasteiger partial charge in [0.05, 0.1) is 5.92 Å². The molecule has 1 N–H and O–H groups in total. The number of carboxylic acids is 1. The van der Waals surface area contributed by atoms with E-state index in [0.29, 0.717) is 12.3 Å². The Morgan fingerprint density at radius 2 is 1.75 bits per heavy atom. The van der Waals surface area contributed by atoms with Gasteiger partial charge in [0.2, 0.25) is 0 Å². The quantitative estimate of drug-likeness (QED) is 0.644. The summed E-state index contributed by atoms with van der Waals surface area (Å²) in [5, 5.41) is 8.56. The topological polar surface area (TPSA) is 37.3 Å². The first-order valence-electron chi connectivity index (χ1n) is 4.41. The fraction of sp³-hybridized carbons (Fsp3) is 0.700. The Balaban J connectivity index is 3.53. The molecule has 2 heteroatoms. The van der Waals surface area contributed by atoms with Crippen LogP contribution in [0.5, 0.6) is 0 Å². The van der Waals surface area contributed by atoms with Crippen molar-refractivity contribution in [2.75, 3.05) is 0 Å². The van der Waals surface area contributed by atoms with E-state index in [0.717, 1.165) is 6.42 Å². The van der Waals surface area contributed by atoms with Gasteiger partial charge in [-0.2, -0.15) is 0 Å². The number of hydrogen-bond acceptors (Lipinski definition) is 1. The molecule has 1 atom stereocenters. The van der Waals surface area contributed by atoms with E-state index in [2.05, 4.69) is 19.9 Å². The van der Waals surface area contributed by atoms with Crippen LogP contribution in [0.2, 0.25) is 0 Å². The first-order chi connectivity index (χ1) is 5.54. The third kappa shape index (κ3) is 5.96. The van der Waals surface area contributed by atoms with Gasteiger partial charge in [0.15, 0.2) is 0 Å². The smallest absolute Gasteiger partial charge is 0.306 e. The monoisotopic (exact) mass is 170 g/mol. The maximum Gasteiger partial charge on any atom is 0.306 e. The van der Waals surface area contributed by atoms with Crippen molar-refractivity contribution in [3.63, 3.8) is 0 Å². The number of rotatable bonds is 5. The minimum atomic E-state index is -0.718. The molecule has 70 valence electrons. The van der Waals surface area contributed by atoms with Crippen LogP contribution < -0.4 is 0 Å². The minimum Gasteiger partial charge on any atom is -0.481 e. The number of allylic oxidation sites excluding steroid dienone is 2. The molecule has 0 rings (SSSR count). The summed E-state index contributed by atoms with van der Waals surface area (Å²) in [7, 11) is 0. The van der Waals surface area contributed by atoms with Gasteiger partial charge in [-0.15, -0.1) is 0 Å². The van der Waals surface area contributed by atoms with Crippen LogP contribution in [-0.2, 0) is 4.79 Å². The van der Waals surface area contributed by atoms with E-state index in [4.69, 9.17) is 5.11 Å². The fourth-order valence-corrected chi connectivity index (χ4v) is 0.770. The summed E-state index contributed by atoms with van der Waals surface area (Å²) in [6.45, 7) is 6.01. The van der Waals surface area contributed by atoms with Gasteiger partial charge in [0.1, 0.15) is 0 Å². The molecule has 0 saturated heterocycles. The number of carboxylic acid groups (broad SMARTS) is 1. The van der Waals surface area contributed by atoms with Crippen molar-refractivity contribution in [1.82, 2.24) is 0 Å². The lowest BCUT2D eigenvalue weighted by Gasteiger charge is -2.01. The summed E-state index contributed by atoms with van der Waals surface area (Å²) in [4.78, 5) is 10.4. The van der Waals surface area contributed by atoms with Gasteiger partial charge in [-0.3, -0.25) is 4.79 Å². The van der Waals surface area contributed by atoms with E-state index in [1.54, 1.807) is 6.92 Å². The van der Waals surface area contributed by atoms with Crippen LogP contribution in [0.15, 0.2) is 12.2 Å². The lowest BCUT2D eigenvalue weighted by molar-refractivity contribution is -0.140. The Labute approximate surface area is 74.3 Å². The molecule has 0 radical (unpaired) electrons. The highest BCUT2D eigenvalue weighted by atomic mass is 16.4. The van der Waals surface area contributed by atoms with Gasteiger partial charge in [-0.1, -0.05) is 32.9 Å². The van der Waals surface area contributed by atoms with Crippen molar-refractivity contribution < 1.29 is 9.90 Å². The van der Waals surface area contributed by atoms with Crippen molar-refractivity contribution in [3.05, 3.63) is 12.2 Å². The SMILES string of the molecule is CC(C)C/C=C/CC(C)C(=O)O. The molecule has 0 spiro atoms. The van der Waals surface area contributed by atoms with Gasteiger partial charge in [-0.25, -0.2) is 0 Å². The van der Waals surface area contributed by atoms with Gasteiger partial charge >= 0.3 is 5.97 Å². The molecule has 0 aromatic rings. The molecule has 0 fully saturated rings. The van der Waals surface area contributed by atoms with E-state index in [1.807, 2.05) is 6.08 Å². The average molecular weight is 170 g/mol. The summed E-state index contributed by atoms with van der Waals surface area (Å²) < 4.78 is 0. The molecule has 0 aliphatic carbocycles. The minimum absolute atomic E-state index is 0.256. The fourth-order valence-electron chi connectivity index (χ4n) is 0.770. The van der Waals surface area contributed by atoms with Crippen molar-refractivity contribution >= 4 is 5.97 Å². The van der Waals surface area contributed by atoms with Crippen LogP contribution in [0.1, 0.15) is 33.6 Å². The van der Waals surface area contributed by atoms with Gasteiger partial charge in [-0.05, 0) is 18.8 Å². The van der Waals surface area contributed by atoms with Crippen molar-refractivity contribution in [3.8, 4) is 0 Å². The third-order valence-corrected chi connectivity index (χ3v) is 1.69. The molecule has 12 heavy (non-hydrogen) atoms. The Morgan fingerprint density at radius 3 is 2.17 bits per heavy atom. The predicted molar refractivity (Wildman–Crippen MR) is 50.0 cm³/mol. The first kappa shape index (κ1) is 11.2. The second-order valence-electron chi connectivity index (χ2n) is 3.58. The number of carbonyl (C=O) groups is 1. The lowest BCUT2D eigenvalue weighted by Crippen LogP contribution is -2.07. The average Bonchev–Trinajstić information content (AvgIpc) is 1.97. The maximum atomic E-state index is 10.4. The normalized spacial score (nSPS) is 14.0. The molecule has 0 amide bonds. The molecule has 0 bridgehead atoms. The molecule has 1 unspecified atom stereocenters. The Hall–Kier alpha value is -0.790. The maximum absolute atomic E-state index is 10.4. The van der Waals surface area contributed by atoms with Crippen LogP contribution in [0, 0.1) is 11.8 Å². The summed E-state index contributed by atoms with van der Waals surface area (Å²) in [6.07, 6.45) is 5.69.